The van der Waals surface area contributed by atoms with Crippen LogP contribution >= 0.6 is 0 Å². The summed E-state index contributed by atoms with van der Waals surface area (Å²) in [5.41, 5.74) is 2.53. The molecule has 2 heterocycles. The van der Waals surface area contributed by atoms with Gasteiger partial charge in [0.15, 0.2) is 0 Å². The van der Waals surface area contributed by atoms with Gasteiger partial charge in [-0.15, -0.1) is 0 Å². The Bertz CT molecular complexity index is 696. The summed E-state index contributed by atoms with van der Waals surface area (Å²) in [5, 5.41) is 16.5. The first-order chi connectivity index (χ1) is 8.24. The second-order valence-electron chi connectivity index (χ2n) is 3.82. The monoisotopic (exact) mass is 230 g/mol. The van der Waals surface area contributed by atoms with Gasteiger partial charge in [0.05, 0.1) is 17.2 Å². The molecule has 6 heteroatoms. The highest BCUT2D eigenvalue weighted by Gasteiger charge is 2.12. The number of hydrogen-bond donors (Lipinski definition) is 4. The summed E-state index contributed by atoms with van der Waals surface area (Å²) in [7, 11) is 0. The number of rotatable bonds is 2. The van der Waals surface area contributed by atoms with Crippen molar-refractivity contribution in [3.8, 4) is 0 Å². The summed E-state index contributed by atoms with van der Waals surface area (Å²) in [6, 6.07) is 5.26. The molecule has 0 aliphatic carbocycles. The van der Waals surface area contributed by atoms with Crippen LogP contribution in [0.4, 0.5) is 0 Å². The quantitative estimate of drug-likeness (QED) is 0.520. The third-order valence-corrected chi connectivity index (χ3v) is 2.69. The Kier molecular flexibility index (Phi) is 2.09. The first kappa shape index (κ1) is 9.86. The topological polar surface area (TPSA) is 97.6 Å². The Hall–Kier alpha value is -2.34. The molecule has 3 aromatic rings. The minimum atomic E-state index is -0.753. The summed E-state index contributed by atoms with van der Waals surface area (Å²) >= 11 is 0. The highest BCUT2D eigenvalue weighted by atomic mass is 16.3. The number of benzene rings is 1. The van der Waals surface area contributed by atoms with Crippen molar-refractivity contribution in [3.63, 3.8) is 0 Å². The molecule has 0 aliphatic heterocycles. The Labute approximate surface area is 95.3 Å². The molecule has 86 valence electrons. The van der Waals surface area contributed by atoms with E-state index in [0.29, 0.717) is 16.6 Å². The molecule has 0 aliphatic rings. The molecule has 0 radical (unpaired) electrons. The number of H-pyrrole nitrogens is 3. The van der Waals surface area contributed by atoms with Crippen LogP contribution in [0.25, 0.3) is 11.0 Å². The lowest BCUT2D eigenvalue weighted by Gasteiger charge is -2.08. The van der Waals surface area contributed by atoms with Gasteiger partial charge in [-0.2, -0.15) is 5.10 Å². The average Bonchev–Trinajstić information content (AvgIpc) is 2.94. The molecule has 1 unspecified atom stereocenters. The summed E-state index contributed by atoms with van der Waals surface area (Å²) in [6.07, 6.45) is 2.44. The first-order valence-electron chi connectivity index (χ1n) is 5.13. The Balaban J connectivity index is 2.08. The zero-order valence-electron chi connectivity index (χ0n) is 8.77. The number of fused-ring (bicyclic) bond motifs is 1. The van der Waals surface area contributed by atoms with Gasteiger partial charge in [0.1, 0.15) is 6.10 Å². The molecule has 2 aromatic heterocycles. The zero-order chi connectivity index (χ0) is 11.8. The van der Waals surface area contributed by atoms with Crippen molar-refractivity contribution in [2.45, 2.75) is 6.10 Å². The molecule has 3 rings (SSSR count). The standard InChI is InChI=1S/C11H10N4O2/c16-10(7-4-12-13-5-7)6-1-2-8-9(3-6)15-11(17)14-8/h1-5,10,16H,(H,12,13)(H2,14,15,17). The van der Waals surface area contributed by atoms with E-state index in [-0.39, 0.29) is 5.69 Å². The SMILES string of the molecule is O=c1[nH]c2ccc(C(O)c3cn[nH]c3)cc2[nH]1. The lowest BCUT2D eigenvalue weighted by molar-refractivity contribution is 0.220. The second kappa shape index (κ2) is 3.60. The molecule has 4 N–H and O–H groups in total. The van der Waals surface area contributed by atoms with E-state index >= 15 is 0 Å². The highest BCUT2D eigenvalue weighted by Crippen LogP contribution is 2.22. The van der Waals surface area contributed by atoms with E-state index in [9.17, 15) is 9.90 Å². The predicted molar refractivity (Wildman–Crippen MR) is 61.6 cm³/mol. The largest absolute Gasteiger partial charge is 0.384 e. The van der Waals surface area contributed by atoms with Gasteiger partial charge in [0.2, 0.25) is 0 Å². The molecule has 1 atom stereocenters. The van der Waals surface area contributed by atoms with Gasteiger partial charge in [-0.3, -0.25) is 5.10 Å². The minimum absolute atomic E-state index is 0.255. The van der Waals surface area contributed by atoms with Gasteiger partial charge in [-0.05, 0) is 17.7 Å². The van der Waals surface area contributed by atoms with Crippen LogP contribution in [0.2, 0.25) is 0 Å². The van der Waals surface area contributed by atoms with E-state index in [0.717, 1.165) is 5.52 Å². The summed E-state index contributed by atoms with van der Waals surface area (Å²) in [6.45, 7) is 0. The van der Waals surface area contributed by atoms with Crippen LogP contribution in [-0.2, 0) is 0 Å². The number of aromatic nitrogens is 4. The smallest absolute Gasteiger partial charge is 0.323 e. The van der Waals surface area contributed by atoms with E-state index in [4.69, 9.17) is 0 Å². The van der Waals surface area contributed by atoms with E-state index in [1.807, 2.05) is 0 Å². The molecule has 0 spiro atoms. The Morgan fingerprint density at radius 3 is 2.76 bits per heavy atom. The number of aliphatic hydroxyl groups excluding tert-OH is 1. The lowest BCUT2D eigenvalue weighted by atomic mass is 10.0. The van der Waals surface area contributed by atoms with Crippen molar-refractivity contribution in [1.29, 1.82) is 0 Å². The van der Waals surface area contributed by atoms with Gasteiger partial charge < -0.3 is 15.1 Å². The highest BCUT2D eigenvalue weighted by molar-refractivity contribution is 5.75. The first-order valence-corrected chi connectivity index (χ1v) is 5.13. The number of hydrogen-bond acceptors (Lipinski definition) is 3. The maximum Gasteiger partial charge on any atom is 0.323 e. The van der Waals surface area contributed by atoms with Gasteiger partial charge in [0.25, 0.3) is 0 Å². The van der Waals surface area contributed by atoms with Gasteiger partial charge in [-0.1, -0.05) is 6.07 Å². The summed E-state index contributed by atoms with van der Waals surface area (Å²) < 4.78 is 0. The molecule has 0 saturated carbocycles. The van der Waals surface area contributed by atoms with Crippen LogP contribution < -0.4 is 5.69 Å². The fourth-order valence-electron chi connectivity index (χ4n) is 1.82. The second-order valence-corrected chi connectivity index (χ2v) is 3.82. The predicted octanol–water partition coefficient (Wildman–Crippen LogP) is 0.661. The number of nitrogens with one attached hydrogen (secondary N) is 3. The van der Waals surface area contributed by atoms with Crippen LogP contribution in [0, 0.1) is 0 Å². The molecular weight excluding hydrogens is 220 g/mol. The maximum absolute atomic E-state index is 11.1. The number of nitrogens with zero attached hydrogens (tertiary/aromatic N) is 1. The van der Waals surface area contributed by atoms with Crippen molar-refractivity contribution in [1.82, 2.24) is 20.2 Å². The summed E-state index contributed by atoms with van der Waals surface area (Å²) in [4.78, 5) is 16.4. The van der Waals surface area contributed by atoms with Crippen molar-refractivity contribution in [3.05, 3.63) is 52.2 Å². The molecule has 6 nitrogen and oxygen atoms in total. The van der Waals surface area contributed by atoms with Crippen LogP contribution in [0.3, 0.4) is 0 Å². The van der Waals surface area contributed by atoms with Crippen LogP contribution in [0.15, 0.2) is 35.4 Å². The number of imidazole rings is 1. The van der Waals surface area contributed by atoms with Crippen LogP contribution in [-0.4, -0.2) is 25.3 Å². The van der Waals surface area contributed by atoms with E-state index in [1.54, 1.807) is 30.6 Å². The van der Waals surface area contributed by atoms with Crippen LogP contribution in [0.1, 0.15) is 17.2 Å². The Morgan fingerprint density at radius 2 is 2.00 bits per heavy atom. The fraction of sp³-hybridized carbons (Fsp3) is 0.0909. The maximum atomic E-state index is 11.1. The van der Waals surface area contributed by atoms with Crippen molar-refractivity contribution in [2.24, 2.45) is 0 Å². The molecular formula is C11H10N4O2. The Morgan fingerprint density at radius 1 is 1.18 bits per heavy atom. The molecule has 0 amide bonds. The van der Waals surface area contributed by atoms with Gasteiger partial charge >= 0.3 is 5.69 Å². The number of aromatic amines is 3. The molecule has 1 aromatic carbocycles. The van der Waals surface area contributed by atoms with E-state index < -0.39 is 6.10 Å². The lowest BCUT2D eigenvalue weighted by Crippen LogP contribution is -1.99. The summed E-state index contributed by atoms with van der Waals surface area (Å²) in [5.74, 6) is 0. The van der Waals surface area contributed by atoms with Gasteiger partial charge in [-0.25, -0.2) is 4.79 Å². The molecule has 0 bridgehead atoms. The van der Waals surface area contributed by atoms with Crippen LogP contribution in [0.5, 0.6) is 0 Å². The molecule has 0 fully saturated rings. The normalized spacial score (nSPS) is 13.0. The average molecular weight is 230 g/mol. The van der Waals surface area contributed by atoms with Crippen molar-refractivity contribution < 1.29 is 5.11 Å². The molecule has 0 saturated heterocycles. The van der Waals surface area contributed by atoms with Gasteiger partial charge in [0, 0.05) is 11.8 Å². The molecule has 17 heavy (non-hydrogen) atoms. The third-order valence-electron chi connectivity index (χ3n) is 2.69. The fourth-order valence-corrected chi connectivity index (χ4v) is 1.82. The minimum Gasteiger partial charge on any atom is -0.384 e. The zero-order valence-corrected chi connectivity index (χ0v) is 8.77. The van der Waals surface area contributed by atoms with E-state index in [1.165, 1.54) is 0 Å². The third kappa shape index (κ3) is 1.64. The van der Waals surface area contributed by atoms with Crippen molar-refractivity contribution >= 4 is 11.0 Å². The van der Waals surface area contributed by atoms with Crippen molar-refractivity contribution in [2.75, 3.05) is 0 Å². The van der Waals surface area contributed by atoms with E-state index in [2.05, 4.69) is 20.2 Å². The number of aliphatic hydroxyl groups is 1.